The van der Waals surface area contributed by atoms with E-state index >= 15 is 0 Å². The molecule has 0 unspecified atom stereocenters. The summed E-state index contributed by atoms with van der Waals surface area (Å²) in [6.07, 6.45) is 3.15. The van der Waals surface area contributed by atoms with Gasteiger partial charge in [0.05, 0.1) is 12.2 Å². The molecule has 0 saturated carbocycles. The lowest BCUT2D eigenvalue weighted by atomic mass is 10.1. The number of esters is 1. The number of amides is 1. The maximum atomic E-state index is 12.9. The van der Waals surface area contributed by atoms with E-state index in [2.05, 4.69) is 5.32 Å². The first-order valence-corrected chi connectivity index (χ1v) is 10.4. The summed E-state index contributed by atoms with van der Waals surface area (Å²) in [4.78, 5) is 26.7. The van der Waals surface area contributed by atoms with Crippen molar-refractivity contribution in [3.8, 4) is 0 Å². The number of thiophene rings is 1. The summed E-state index contributed by atoms with van der Waals surface area (Å²) in [6, 6.07) is 6.20. The van der Waals surface area contributed by atoms with Crippen LogP contribution in [0.15, 0.2) is 29.2 Å². The van der Waals surface area contributed by atoms with E-state index < -0.39 is 0 Å². The number of halogens is 1. The average Bonchev–Trinajstić information content (AvgIpc) is 3.17. The molecule has 0 spiro atoms. The molecule has 1 N–H and O–H groups in total. The number of nitrogens with one attached hydrogen (secondary N) is 1. The van der Waals surface area contributed by atoms with Crippen molar-refractivity contribution in [1.82, 2.24) is 0 Å². The maximum absolute atomic E-state index is 12.9. The molecule has 1 amide bonds. The molecular formula is C19H20FNO3S2. The van der Waals surface area contributed by atoms with Gasteiger partial charge in [-0.25, -0.2) is 9.18 Å². The molecule has 0 aliphatic heterocycles. The van der Waals surface area contributed by atoms with Crippen molar-refractivity contribution < 1.29 is 18.7 Å². The number of ether oxygens (including phenoxy) is 1. The Morgan fingerprint density at radius 3 is 2.77 bits per heavy atom. The predicted molar refractivity (Wildman–Crippen MR) is 103 cm³/mol. The first-order chi connectivity index (χ1) is 12.6. The van der Waals surface area contributed by atoms with Crippen LogP contribution in [-0.2, 0) is 22.4 Å². The van der Waals surface area contributed by atoms with Crippen LogP contribution in [0.3, 0.4) is 0 Å². The molecule has 0 atom stereocenters. The third-order valence-corrected chi connectivity index (χ3v) is 6.29. The summed E-state index contributed by atoms with van der Waals surface area (Å²) in [7, 11) is 0. The SMILES string of the molecule is CCOC(=O)c1c(NC(=O)CCSc2ccc(F)cc2)sc2c1CCC2. The number of benzene rings is 1. The fourth-order valence-corrected chi connectivity index (χ4v) is 5.04. The van der Waals surface area contributed by atoms with Crippen molar-refractivity contribution in [2.45, 2.75) is 37.5 Å². The minimum Gasteiger partial charge on any atom is -0.462 e. The van der Waals surface area contributed by atoms with Gasteiger partial charge in [-0.2, -0.15) is 0 Å². The summed E-state index contributed by atoms with van der Waals surface area (Å²) in [5, 5.41) is 3.48. The van der Waals surface area contributed by atoms with Crippen molar-refractivity contribution in [2.75, 3.05) is 17.7 Å². The normalized spacial score (nSPS) is 12.7. The first-order valence-electron chi connectivity index (χ1n) is 8.58. The van der Waals surface area contributed by atoms with Crippen LogP contribution in [0.4, 0.5) is 9.39 Å². The Balaban J connectivity index is 1.60. The molecule has 0 bridgehead atoms. The third-order valence-electron chi connectivity index (χ3n) is 4.07. The van der Waals surface area contributed by atoms with Gasteiger partial charge in [0, 0.05) is 21.9 Å². The number of hydrogen-bond donors (Lipinski definition) is 1. The fourth-order valence-electron chi connectivity index (χ4n) is 2.89. The Labute approximate surface area is 160 Å². The highest BCUT2D eigenvalue weighted by atomic mass is 32.2. The standard InChI is InChI=1S/C19H20FNO3S2/c1-2-24-19(23)17-14-4-3-5-15(14)26-18(17)21-16(22)10-11-25-13-8-6-12(20)7-9-13/h6-9H,2-5,10-11H2,1H3,(H,21,22). The Bertz CT molecular complexity index is 802. The zero-order chi connectivity index (χ0) is 18.5. The van der Waals surface area contributed by atoms with Gasteiger partial charge in [-0.3, -0.25) is 4.79 Å². The number of fused-ring (bicyclic) bond motifs is 1. The lowest BCUT2D eigenvalue weighted by Crippen LogP contribution is -2.15. The molecule has 138 valence electrons. The van der Waals surface area contributed by atoms with Gasteiger partial charge in [0.25, 0.3) is 0 Å². The smallest absolute Gasteiger partial charge is 0.341 e. The van der Waals surface area contributed by atoms with Crippen molar-refractivity contribution in [3.63, 3.8) is 0 Å². The predicted octanol–water partition coefficient (Wildman–Crippen LogP) is 4.67. The summed E-state index contributed by atoms with van der Waals surface area (Å²) < 4.78 is 18.1. The second kappa shape index (κ2) is 8.68. The van der Waals surface area contributed by atoms with Crippen molar-refractivity contribution in [3.05, 3.63) is 46.1 Å². The largest absolute Gasteiger partial charge is 0.462 e. The third kappa shape index (κ3) is 4.45. The fraction of sp³-hybridized carbons (Fsp3) is 0.368. The lowest BCUT2D eigenvalue weighted by Gasteiger charge is -2.08. The number of rotatable bonds is 7. The molecule has 7 heteroatoms. The van der Waals surface area contributed by atoms with Gasteiger partial charge in [-0.15, -0.1) is 23.1 Å². The van der Waals surface area contributed by atoms with Crippen molar-refractivity contribution in [1.29, 1.82) is 0 Å². The topological polar surface area (TPSA) is 55.4 Å². The zero-order valence-electron chi connectivity index (χ0n) is 14.5. The average molecular weight is 394 g/mol. The maximum Gasteiger partial charge on any atom is 0.341 e. The number of aryl methyl sites for hydroxylation is 1. The molecule has 26 heavy (non-hydrogen) atoms. The molecule has 1 aliphatic carbocycles. The van der Waals surface area contributed by atoms with E-state index in [1.807, 2.05) is 0 Å². The van der Waals surface area contributed by atoms with Crippen molar-refractivity contribution in [2.24, 2.45) is 0 Å². The molecule has 0 fully saturated rings. The van der Waals surface area contributed by atoms with E-state index in [9.17, 15) is 14.0 Å². The second-order valence-electron chi connectivity index (χ2n) is 5.88. The van der Waals surface area contributed by atoms with Crippen LogP contribution < -0.4 is 5.32 Å². The Morgan fingerprint density at radius 2 is 2.04 bits per heavy atom. The molecule has 0 saturated heterocycles. The van der Waals surface area contributed by atoms with Gasteiger partial charge in [0.1, 0.15) is 10.8 Å². The number of carbonyl (C=O) groups excluding carboxylic acids is 2. The molecule has 4 nitrogen and oxygen atoms in total. The number of hydrogen-bond acceptors (Lipinski definition) is 5. The summed E-state index contributed by atoms with van der Waals surface area (Å²) in [6.45, 7) is 2.08. The van der Waals surface area contributed by atoms with Crippen LogP contribution in [0.5, 0.6) is 0 Å². The summed E-state index contributed by atoms with van der Waals surface area (Å²) >= 11 is 2.98. The van der Waals surface area contributed by atoms with Gasteiger partial charge in [0.2, 0.25) is 5.91 Å². The molecular weight excluding hydrogens is 373 g/mol. The van der Waals surface area contributed by atoms with E-state index in [1.165, 1.54) is 40.1 Å². The van der Waals surface area contributed by atoms with E-state index in [-0.39, 0.29) is 17.7 Å². The number of thioether (sulfide) groups is 1. The summed E-state index contributed by atoms with van der Waals surface area (Å²) in [5.41, 5.74) is 1.56. The second-order valence-corrected chi connectivity index (χ2v) is 8.16. The highest BCUT2D eigenvalue weighted by Gasteiger charge is 2.28. The zero-order valence-corrected chi connectivity index (χ0v) is 16.1. The van der Waals surface area contributed by atoms with Crippen LogP contribution in [0.2, 0.25) is 0 Å². The molecule has 2 aromatic rings. The van der Waals surface area contributed by atoms with Gasteiger partial charge in [0.15, 0.2) is 0 Å². The monoisotopic (exact) mass is 393 g/mol. The van der Waals surface area contributed by atoms with Crippen LogP contribution in [-0.4, -0.2) is 24.2 Å². The van der Waals surface area contributed by atoms with E-state index in [0.29, 0.717) is 29.3 Å². The van der Waals surface area contributed by atoms with Crippen LogP contribution in [0.1, 0.15) is 40.6 Å². The number of anilines is 1. The van der Waals surface area contributed by atoms with E-state index in [4.69, 9.17) is 4.74 Å². The van der Waals surface area contributed by atoms with Gasteiger partial charge < -0.3 is 10.1 Å². The lowest BCUT2D eigenvalue weighted by molar-refractivity contribution is -0.115. The Hall–Kier alpha value is -1.86. The molecule has 1 heterocycles. The van der Waals surface area contributed by atoms with Gasteiger partial charge in [-0.05, 0) is 56.0 Å². The van der Waals surface area contributed by atoms with Crippen LogP contribution in [0.25, 0.3) is 0 Å². The van der Waals surface area contributed by atoms with Crippen molar-refractivity contribution >= 4 is 40.0 Å². The van der Waals surface area contributed by atoms with Gasteiger partial charge >= 0.3 is 5.97 Å². The highest BCUT2D eigenvalue weighted by molar-refractivity contribution is 7.99. The van der Waals surface area contributed by atoms with Gasteiger partial charge in [-0.1, -0.05) is 0 Å². The molecule has 3 rings (SSSR count). The quantitative estimate of drug-likeness (QED) is 0.548. The molecule has 1 aromatic heterocycles. The summed E-state index contributed by atoms with van der Waals surface area (Å²) in [5.74, 6) is -0.186. The van der Waals surface area contributed by atoms with E-state index in [1.54, 1.807) is 19.1 Å². The minimum absolute atomic E-state index is 0.134. The number of carbonyl (C=O) groups is 2. The van der Waals surface area contributed by atoms with Crippen LogP contribution in [0, 0.1) is 5.82 Å². The first kappa shape index (κ1) is 18.9. The molecule has 0 radical (unpaired) electrons. The molecule has 1 aromatic carbocycles. The van der Waals surface area contributed by atoms with E-state index in [0.717, 1.165) is 29.7 Å². The minimum atomic E-state index is -0.358. The Morgan fingerprint density at radius 1 is 1.27 bits per heavy atom. The highest BCUT2D eigenvalue weighted by Crippen LogP contribution is 2.39. The molecule has 1 aliphatic rings. The Kier molecular flexibility index (Phi) is 6.32. The van der Waals surface area contributed by atoms with Crippen LogP contribution >= 0.6 is 23.1 Å².